The number of benzene rings is 2. The first-order valence-corrected chi connectivity index (χ1v) is 8.59. The van der Waals surface area contributed by atoms with Gasteiger partial charge >= 0.3 is 0 Å². The van der Waals surface area contributed by atoms with Crippen molar-refractivity contribution in [2.45, 2.75) is 11.3 Å². The van der Waals surface area contributed by atoms with Crippen LogP contribution in [-0.2, 0) is 9.59 Å². The summed E-state index contributed by atoms with van der Waals surface area (Å²) in [6.45, 7) is 0.254. The maximum Gasteiger partial charge on any atom is 0.227 e. The van der Waals surface area contributed by atoms with E-state index in [0.29, 0.717) is 16.5 Å². The van der Waals surface area contributed by atoms with Crippen LogP contribution in [0.25, 0.3) is 0 Å². The molecule has 126 valence electrons. The molecular formula is C17H17ClN2O3S. The largest absolute Gasteiger partial charge is 0.493 e. The third-order valence-corrected chi connectivity index (χ3v) is 4.29. The third kappa shape index (κ3) is 6.14. The molecule has 0 bridgehead atoms. The van der Waals surface area contributed by atoms with Gasteiger partial charge in [-0.25, -0.2) is 0 Å². The minimum absolute atomic E-state index is 0.159. The molecule has 2 aromatic rings. The molecule has 3 N–H and O–H groups in total. The number of ether oxygens (including phenoxy) is 1. The van der Waals surface area contributed by atoms with Crippen LogP contribution in [0, 0.1) is 0 Å². The Bertz CT molecular complexity index is 707. The monoisotopic (exact) mass is 364 g/mol. The van der Waals surface area contributed by atoms with E-state index >= 15 is 0 Å². The molecule has 0 fully saturated rings. The predicted octanol–water partition coefficient (Wildman–Crippen LogP) is 3.33. The van der Waals surface area contributed by atoms with Gasteiger partial charge in [-0.2, -0.15) is 0 Å². The van der Waals surface area contributed by atoms with E-state index in [1.54, 1.807) is 30.3 Å². The highest BCUT2D eigenvalue weighted by Crippen LogP contribution is 2.26. The summed E-state index contributed by atoms with van der Waals surface area (Å²) < 4.78 is 5.49. The van der Waals surface area contributed by atoms with Crippen molar-refractivity contribution in [2.24, 2.45) is 5.73 Å². The summed E-state index contributed by atoms with van der Waals surface area (Å²) in [7, 11) is 0. The Labute approximate surface area is 149 Å². The van der Waals surface area contributed by atoms with Crippen LogP contribution in [0.1, 0.15) is 6.42 Å². The van der Waals surface area contributed by atoms with E-state index in [0.717, 1.165) is 4.90 Å². The summed E-state index contributed by atoms with van der Waals surface area (Å²) in [5, 5.41) is 3.45. The molecule has 0 atom stereocenters. The van der Waals surface area contributed by atoms with Gasteiger partial charge in [0.2, 0.25) is 11.8 Å². The first-order valence-electron chi connectivity index (χ1n) is 7.23. The molecule has 0 spiro atoms. The van der Waals surface area contributed by atoms with Crippen LogP contribution in [0.4, 0.5) is 5.69 Å². The van der Waals surface area contributed by atoms with E-state index in [9.17, 15) is 9.59 Å². The van der Waals surface area contributed by atoms with Gasteiger partial charge in [0, 0.05) is 9.92 Å². The second-order valence-corrected chi connectivity index (χ2v) is 6.31. The molecule has 24 heavy (non-hydrogen) atoms. The highest BCUT2D eigenvalue weighted by molar-refractivity contribution is 8.00. The Balaban J connectivity index is 1.83. The second kappa shape index (κ2) is 9.20. The van der Waals surface area contributed by atoms with Gasteiger partial charge < -0.3 is 15.8 Å². The highest BCUT2D eigenvalue weighted by atomic mass is 35.5. The van der Waals surface area contributed by atoms with E-state index < -0.39 is 5.91 Å². The normalized spacial score (nSPS) is 10.2. The summed E-state index contributed by atoms with van der Waals surface area (Å²) in [6.07, 6.45) is 0.206. The molecule has 0 radical (unpaired) electrons. The van der Waals surface area contributed by atoms with Crippen LogP contribution in [0.5, 0.6) is 5.75 Å². The first kappa shape index (κ1) is 18.2. The van der Waals surface area contributed by atoms with Crippen LogP contribution < -0.4 is 15.8 Å². The first-order chi connectivity index (χ1) is 11.5. The number of anilines is 1. The zero-order valence-corrected chi connectivity index (χ0v) is 14.4. The van der Waals surface area contributed by atoms with Crippen molar-refractivity contribution in [1.29, 1.82) is 0 Å². The molecule has 0 unspecified atom stereocenters. The lowest BCUT2D eigenvalue weighted by Crippen LogP contribution is -2.16. The summed E-state index contributed by atoms with van der Waals surface area (Å²) in [5.74, 6) is 0.241. The number of carbonyl (C=O) groups is 2. The number of para-hydroxylation sites is 1. The Morgan fingerprint density at radius 1 is 1.12 bits per heavy atom. The summed E-state index contributed by atoms with van der Waals surface area (Å²) in [6, 6.07) is 14.2. The van der Waals surface area contributed by atoms with E-state index in [-0.39, 0.29) is 24.7 Å². The van der Waals surface area contributed by atoms with E-state index in [1.807, 2.05) is 18.2 Å². The van der Waals surface area contributed by atoms with Gasteiger partial charge in [-0.1, -0.05) is 23.7 Å². The number of carbonyl (C=O) groups excluding carboxylic acids is 2. The van der Waals surface area contributed by atoms with Gasteiger partial charge in [-0.3, -0.25) is 9.59 Å². The smallest absolute Gasteiger partial charge is 0.227 e. The van der Waals surface area contributed by atoms with Crippen molar-refractivity contribution in [1.82, 2.24) is 0 Å². The predicted molar refractivity (Wildman–Crippen MR) is 96.6 cm³/mol. The highest BCUT2D eigenvalue weighted by Gasteiger charge is 2.08. The fourth-order valence-corrected chi connectivity index (χ4v) is 2.72. The Morgan fingerprint density at radius 2 is 1.83 bits per heavy atom. The number of nitrogens with one attached hydrogen (secondary N) is 1. The Morgan fingerprint density at radius 3 is 2.54 bits per heavy atom. The third-order valence-electron chi connectivity index (χ3n) is 2.94. The molecule has 0 saturated carbocycles. The molecule has 0 saturated heterocycles. The molecule has 7 heteroatoms. The number of amides is 2. The summed E-state index contributed by atoms with van der Waals surface area (Å²) in [4.78, 5) is 23.7. The number of rotatable bonds is 8. The van der Waals surface area contributed by atoms with Gasteiger partial charge in [0.05, 0.1) is 24.5 Å². The molecule has 0 aliphatic carbocycles. The average Bonchev–Trinajstić information content (AvgIpc) is 2.56. The van der Waals surface area contributed by atoms with Crippen LogP contribution in [0.3, 0.4) is 0 Å². The van der Waals surface area contributed by atoms with Gasteiger partial charge in [0.25, 0.3) is 0 Å². The fraction of sp³-hybridized carbons (Fsp3) is 0.176. The average molecular weight is 365 g/mol. The minimum atomic E-state index is -0.405. The number of halogens is 1. The fourth-order valence-electron chi connectivity index (χ4n) is 1.85. The van der Waals surface area contributed by atoms with Gasteiger partial charge in [0.1, 0.15) is 5.75 Å². The molecule has 2 aromatic carbocycles. The van der Waals surface area contributed by atoms with E-state index in [1.165, 1.54) is 11.8 Å². The lowest BCUT2D eigenvalue weighted by Gasteiger charge is -2.10. The zero-order valence-electron chi connectivity index (χ0n) is 12.8. The van der Waals surface area contributed by atoms with Crippen molar-refractivity contribution in [3.63, 3.8) is 0 Å². The maximum atomic E-state index is 12.0. The second-order valence-electron chi connectivity index (χ2n) is 4.85. The number of nitrogens with two attached hydrogens (primary N) is 1. The molecule has 2 rings (SSSR count). The van der Waals surface area contributed by atoms with Crippen LogP contribution in [0.2, 0.25) is 5.02 Å². The number of hydrogen-bond donors (Lipinski definition) is 2. The van der Waals surface area contributed by atoms with Gasteiger partial charge in [-0.05, 0) is 36.4 Å². The molecule has 2 amide bonds. The van der Waals surface area contributed by atoms with Crippen molar-refractivity contribution in [3.8, 4) is 5.75 Å². The topological polar surface area (TPSA) is 81.4 Å². The number of thioether (sulfide) groups is 1. The van der Waals surface area contributed by atoms with Crippen molar-refractivity contribution < 1.29 is 14.3 Å². The molecule has 0 aliphatic rings. The maximum absolute atomic E-state index is 12.0. The summed E-state index contributed by atoms with van der Waals surface area (Å²) in [5.41, 5.74) is 5.80. The van der Waals surface area contributed by atoms with Crippen molar-refractivity contribution in [2.75, 3.05) is 17.7 Å². The Hall–Kier alpha value is -2.18. The molecule has 0 aromatic heterocycles. The standard InChI is InChI=1S/C17H17ClN2O3S/c18-12-5-7-13(8-6-12)23-10-9-17(22)20-14-3-1-2-4-15(14)24-11-16(19)21/h1-8H,9-11H2,(H2,19,21)(H,20,22). The molecular weight excluding hydrogens is 348 g/mol. The van der Waals surface area contributed by atoms with Crippen LogP contribution >= 0.6 is 23.4 Å². The quantitative estimate of drug-likeness (QED) is 0.704. The van der Waals surface area contributed by atoms with E-state index in [2.05, 4.69) is 5.32 Å². The minimum Gasteiger partial charge on any atom is -0.493 e. The SMILES string of the molecule is NC(=O)CSc1ccccc1NC(=O)CCOc1ccc(Cl)cc1. The number of primary amides is 1. The number of hydrogen-bond acceptors (Lipinski definition) is 4. The Kier molecular flexibility index (Phi) is 6.96. The molecule has 0 heterocycles. The van der Waals surface area contributed by atoms with Crippen molar-refractivity contribution in [3.05, 3.63) is 53.6 Å². The van der Waals surface area contributed by atoms with E-state index in [4.69, 9.17) is 22.1 Å². The van der Waals surface area contributed by atoms with Crippen LogP contribution in [0.15, 0.2) is 53.4 Å². The summed E-state index contributed by atoms with van der Waals surface area (Å²) >= 11 is 7.08. The lowest BCUT2D eigenvalue weighted by molar-refractivity contribution is -0.117. The zero-order chi connectivity index (χ0) is 17.4. The lowest BCUT2D eigenvalue weighted by atomic mass is 10.3. The van der Waals surface area contributed by atoms with Crippen LogP contribution in [-0.4, -0.2) is 24.2 Å². The molecule has 0 aliphatic heterocycles. The molecule has 5 nitrogen and oxygen atoms in total. The van der Waals surface area contributed by atoms with Gasteiger partial charge in [0.15, 0.2) is 0 Å². The van der Waals surface area contributed by atoms with Crippen molar-refractivity contribution >= 4 is 40.9 Å². The van der Waals surface area contributed by atoms with Gasteiger partial charge in [-0.15, -0.1) is 11.8 Å².